The van der Waals surface area contributed by atoms with Crippen LogP contribution in [0.1, 0.15) is 5.56 Å². The highest BCUT2D eigenvalue weighted by molar-refractivity contribution is 7.85. The molecule has 9 heteroatoms. The standard InChI is InChI=1S/C7H8O3S.CH6N4O/c1-6-2-4-7(5-3-6)11(8,9)10;2-1(4-3)5-6/h2-5H,1H3,(H,8,9,10);6H,3H2,(H3,2,4,5). The van der Waals surface area contributed by atoms with Crippen LogP contribution < -0.4 is 17.1 Å². The SMILES string of the molecule is Cc1ccc(S(=O)(=O)O)cc1.NN=C(N)NO. The molecular formula is C8H14N4O4S. The Morgan fingerprint density at radius 1 is 1.35 bits per heavy atom. The normalized spacial score (nSPS) is 11.4. The van der Waals surface area contributed by atoms with Gasteiger partial charge in [-0.05, 0) is 19.1 Å². The van der Waals surface area contributed by atoms with Gasteiger partial charge in [-0.1, -0.05) is 17.7 Å². The minimum atomic E-state index is -4.02. The highest BCUT2D eigenvalue weighted by Gasteiger charge is 2.06. The van der Waals surface area contributed by atoms with Crippen LogP contribution >= 0.6 is 0 Å². The Labute approximate surface area is 98.6 Å². The van der Waals surface area contributed by atoms with Crippen molar-refractivity contribution in [3.8, 4) is 0 Å². The van der Waals surface area contributed by atoms with Crippen molar-refractivity contribution >= 4 is 16.1 Å². The lowest BCUT2D eigenvalue weighted by Crippen LogP contribution is -2.29. The molecule has 0 saturated heterocycles. The third-order valence-electron chi connectivity index (χ3n) is 1.57. The molecule has 0 atom stereocenters. The molecule has 1 aromatic rings. The lowest BCUT2D eigenvalue weighted by Gasteiger charge is -1.95. The van der Waals surface area contributed by atoms with Crippen LogP contribution in [0.25, 0.3) is 0 Å². The number of hydrazone groups is 1. The lowest BCUT2D eigenvalue weighted by molar-refractivity contribution is 0.232. The van der Waals surface area contributed by atoms with E-state index in [0.717, 1.165) is 5.56 Å². The monoisotopic (exact) mass is 262 g/mol. The van der Waals surface area contributed by atoms with Crippen LogP contribution in [0.4, 0.5) is 0 Å². The molecule has 0 spiro atoms. The van der Waals surface area contributed by atoms with E-state index in [-0.39, 0.29) is 10.9 Å². The van der Waals surface area contributed by atoms with Gasteiger partial charge >= 0.3 is 0 Å². The second kappa shape index (κ2) is 6.68. The smallest absolute Gasteiger partial charge is 0.294 e. The number of hydrogen-bond acceptors (Lipinski definition) is 5. The van der Waals surface area contributed by atoms with E-state index in [2.05, 4.69) is 10.9 Å². The molecule has 0 fully saturated rings. The molecule has 0 aliphatic heterocycles. The van der Waals surface area contributed by atoms with Gasteiger partial charge in [0.05, 0.1) is 4.90 Å². The van der Waals surface area contributed by atoms with Crippen LogP contribution in [0.3, 0.4) is 0 Å². The molecule has 7 N–H and O–H groups in total. The van der Waals surface area contributed by atoms with Crippen LogP contribution in [0.15, 0.2) is 34.3 Å². The average molecular weight is 262 g/mol. The molecule has 0 aromatic heterocycles. The second-order valence-electron chi connectivity index (χ2n) is 2.91. The average Bonchev–Trinajstić information content (AvgIpc) is 2.28. The van der Waals surface area contributed by atoms with Gasteiger partial charge in [0.15, 0.2) is 0 Å². The van der Waals surface area contributed by atoms with Crippen LogP contribution in [-0.2, 0) is 10.1 Å². The van der Waals surface area contributed by atoms with Crippen molar-refractivity contribution in [2.24, 2.45) is 16.7 Å². The number of nitrogens with zero attached hydrogens (tertiary/aromatic N) is 1. The lowest BCUT2D eigenvalue weighted by atomic mass is 10.2. The van der Waals surface area contributed by atoms with Crippen molar-refractivity contribution in [3.63, 3.8) is 0 Å². The summed E-state index contributed by atoms with van der Waals surface area (Å²) in [6.07, 6.45) is 0. The van der Waals surface area contributed by atoms with E-state index in [1.54, 1.807) is 12.1 Å². The van der Waals surface area contributed by atoms with Crippen LogP contribution in [0.2, 0.25) is 0 Å². The summed E-state index contributed by atoms with van der Waals surface area (Å²) in [5, 5.41) is 10.6. The van der Waals surface area contributed by atoms with Crippen LogP contribution in [0.5, 0.6) is 0 Å². The summed E-state index contributed by atoms with van der Waals surface area (Å²) in [6, 6.07) is 5.99. The zero-order valence-electron chi connectivity index (χ0n) is 9.03. The van der Waals surface area contributed by atoms with Crippen molar-refractivity contribution in [1.82, 2.24) is 5.48 Å². The largest absolute Gasteiger partial charge is 0.367 e. The predicted molar refractivity (Wildman–Crippen MR) is 61.7 cm³/mol. The Bertz CT molecular complexity index is 469. The molecule has 0 amide bonds. The predicted octanol–water partition coefficient (Wildman–Crippen LogP) is -0.605. The Kier molecular flexibility index (Phi) is 5.96. The minimum Gasteiger partial charge on any atom is -0.367 e. The fraction of sp³-hybridized carbons (Fsp3) is 0.125. The first-order chi connectivity index (χ1) is 7.81. The molecule has 1 rings (SSSR count). The van der Waals surface area contributed by atoms with E-state index in [0.29, 0.717) is 0 Å². The zero-order valence-corrected chi connectivity index (χ0v) is 9.85. The van der Waals surface area contributed by atoms with Gasteiger partial charge in [0.2, 0.25) is 5.96 Å². The van der Waals surface area contributed by atoms with E-state index in [1.165, 1.54) is 17.6 Å². The first-order valence-corrected chi connectivity index (χ1v) is 5.73. The van der Waals surface area contributed by atoms with E-state index >= 15 is 0 Å². The van der Waals surface area contributed by atoms with E-state index in [4.69, 9.17) is 15.5 Å². The van der Waals surface area contributed by atoms with Gasteiger partial charge in [-0.2, -0.15) is 8.42 Å². The van der Waals surface area contributed by atoms with Crippen LogP contribution in [0, 0.1) is 6.92 Å². The third kappa shape index (κ3) is 6.35. The number of guanidine groups is 1. The van der Waals surface area contributed by atoms with Gasteiger partial charge in [0.25, 0.3) is 10.1 Å². The van der Waals surface area contributed by atoms with Gasteiger partial charge in [-0.3, -0.25) is 9.76 Å². The maximum absolute atomic E-state index is 10.5. The summed E-state index contributed by atoms with van der Waals surface area (Å²) in [6.45, 7) is 1.84. The summed E-state index contributed by atoms with van der Waals surface area (Å²) >= 11 is 0. The molecule has 0 radical (unpaired) electrons. The Morgan fingerprint density at radius 2 is 1.82 bits per heavy atom. The van der Waals surface area contributed by atoms with Crippen molar-refractivity contribution in [1.29, 1.82) is 0 Å². The maximum atomic E-state index is 10.5. The quantitative estimate of drug-likeness (QED) is 0.149. The molecular weight excluding hydrogens is 248 g/mol. The highest BCUT2D eigenvalue weighted by atomic mass is 32.2. The zero-order chi connectivity index (χ0) is 13.5. The number of hydroxylamine groups is 1. The van der Waals surface area contributed by atoms with Crippen LogP contribution in [-0.4, -0.2) is 24.1 Å². The van der Waals surface area contributed by atoms with Gasteiger partial charge in [0, 0.05) is 0 Å². The first-order valence-electron chi connectivity index (χ1n) is 4.29. The Morgan fingerprint density at radius 3 is 2.06 bits per heavy atom. The molecule has 0 bridgehead atoms. The maximum Gasteiger partial charge on any atom is 0.294 e. The minimum absolute atomic E-state index is 0.0666. The summed E-state index contributed by atoms with van der Waals surface area (Å²) in [5.74, 6) is 4.32. The van der Waals surface area contributed by atoms with Crippen molar-refractivity contribution < 1.29 is 18.2 Å². The molecule has 0 saturated carbocycles. The fourth-order valence-corrected chi connectivity index (χ4v) is 1.22. The number of rotatable bonds is 1. The van der Waals surface area contributed by atoms with Gasteiger partial charge < -0.3 is 11.6 Å². The summed E-state index contributed by atoms with van der Waals surface area (Å²) in [4.78, 5) is -0.0666. The number of nitrogens with two attached hydrogens (primary N) is 2. The van der Waals surface area contributed by atoms with Gasteiger partial charge in [-0.25, -0.2) is 5.48 Å². The molecule has 17 heavy (non-hydrogen) atoms. The molecule has 1 aromatic carbocycles. The fourth-order valence-electron chi connectivity index (χ4n) is 0.739. The molecule has 96 valence electrons. The summed E-state index contributed by atoms with van der Waals surface area (Å²) < 4.78 is 29.6. The Hall–Kier alpha value is -1.84. The number of hydrogen-bond donors (Lipinski definition) is 5. The highest BCUT2D eigenvalue weighted by Crippen LogP contribution is 2.08. The summed E-state index contributed by atoms with van der Waals surface area (Å²) in [5.41, 5.74) is 7.21. The number of nitrogens with one attached hydrogen (secondary N) is 1. The van der Waals surface area contributed by atoms with Gasteiger partial charge in [-0.15, -0.1) is 5.10 Å². The topological polar surface area (TPSA) is 151 Å². The third-order valence-corrected chi connectivity index (χ3v) is 2.44. The first kappa shape index (κ1) is 15.2. The molecule has 0 unspecified atom stereocenters. The molecule has 8 nitrogen and oxygen atoms in total. The number of aryl methyl sites for hydroxylation is 1. The van der Waals surface area contributed by atoms with E-state index in [1.807, 2.05) is 6.92 Å². The number of benzene rings is 1. The Balaban J connectivity index is 0.000000366. The van der Waals surface area contributed by atoms with E-state index in [9.17, 15) is 8.42 Å². The van der Waals surface area contributed by atoms with Crippen molar-refractivity contribution in [2.75, 3.05) is 0 Å². The second-order valence-corrected chi connectivity index (χ2v) is 4.34. The molecule has 0 heterocycles. The van der Waals surface area contributed by atoms with E-state index < -0.39 is 10.1 Å². The van der Waals surface area contributed by atoms with Gasteiger partial charge in [0.1, 0.15) is 0 Å². The molecule has 0 aliphatic carbocycles. The summed E-state index contributed by atoms with van der Waals surface area (Å²) in [7, 11) is -4.02. The van der Waals surface area contributed by atoms with Crippen molar-refractivity contribution in [2.45, 2.75) is 11.8 Å². The molecule has 0 aliphatic rings. The van der Waals surface area contributed by atoms with Crippen molar-refractivity contribution in [3.05, 3.63) is 29.8 Å².